The van der Waals surface area contributed by atoms with Gasteiger partial charge in [-0.1, -0.05) is 11.6 Å². The molecule has 28 heavy (non-hydrogen) atoms. The largest absolute Gasteiger partial charge is 0.366 e. The average Bonchev–Trinajstić information content (AvgIpc) is 2.92. The summed E-state index contributed by atoms with van der Waals surface area (Å²) in [4.78, 5) is 23.9. The van der Waals surface area contributed by atoms with E-state index in [1.807, 2.05) is 13.8 Å². The SMILES string of the molecule is Cc1nn(-c2ccc(C(=O)Nc3cc(C(N)=O)cc(F)c3C)cc2)c(C)c1Cl. The van der Waals surface area contributed by atoms with Crippen molar-refractivity contribution in [3.05, 3.63) is 75.3 Å². The minimum atomic E-state index is -0.776. The summed E-state index contributed by atoms with van der Waals surface area (Å²) in [7, 11) is 0. The highest BCUT2D eigenvalue weighted by Gasteiger charge is 2.15. The lowest BCUT2D eigenvalue weighted by Gasteiger charge is -2.11. The van der Waals surface area contributed by atoms with Crippen molar-refractivity contribution in [1.29, 1.82) is 0 Å². The Morgan fingerprint density at radius 2 is 1.75 bits per heavy atom. The number of hydrogen-bond acceptors (Lipinski definition) is 3. The average molecular weight is 401 g/mol. The zero-order valence-electron chi connectivity index (χ0n) is 15.5. The second-order valence-corrected chi connectivity index (χ2v) is 6.77. The number of nitrogens with zero attached hydrogens (tertiary/aromatic N) is 2. The number of nitrogens with one attached hydrogen (secondary N) is 1. The van der Waals surface area contributed by atoms with Crippen LogP contribution in [0.4, 0.5) is 10.1 Å². The fourth-order valence-corrected chi connectivity index (χ4v) is 2.89. The fraction of sp³-hybridized carbons (Fsp3) is 0.150. The van der Waals surface area contributed by atoms with Gasteiger partial charge < -0.3 is 11.1 Å². The molecule has 0 bridgehead atoms. The molecule has 0 atom stereocenters. The van der Waals surface area contributed by atoms with E-state index in [1.165, 1.54) is 13.0 Å². The molecule has 3 N–H and O–H groups in total. The van der Waals surface area contributed by atoms with Crippen LogP contribution in [0.2, 0.25) is 5.02 Å². The summed E-state index contributed by atoms with van der Waals surface area (Å²) in [5.41, 5.74) is 8.21. The van der Waals surface area contributed by atoms with Gasteiger partial charge in [-0.3, -0.25) is 9.59 Å². The number of anilines is 1. The molecule has 3 aromatic rings. The van der Waals surface area contributed by atoms with Gasteiger partial charge in [0.1, 0.15) is 5.82 Å². The van der Waals surface area contributed by atoms with Crippen LogP contribution in [0.15, 0.2) is 36.4 Å². The van der Waals surface area contributed by atoms with E-state index in [2.05, 4.69) is 10.4 Å². The van der Waals surface area contributed by atoms with Crippen LogP contribution in [0.3, 0.4) is 0 Å². The van der Waals surface area contributed by atoms with Gasteiger partial charge >= 0.3 is 0 Å². The maximum atomic E-state index is 14.0. The van der Waals surface area contributed by atoms with E-state index < -0.39 is 17.6 Å². The number of hydrogen-bond donors (Lipinski definition) is 2. The van der Waals surface area contributed by atoms with Gasteiger partial charge in [-0.15, -0.1) is 0 Å². The molecule has 8 heteroatoms. The van der Waals surface area contributed by atoms with E-state index in [0.29, 0.717) is 16.3 Å². The Labute approximate surface area is 166 Å². The lowest BCUT2D eigenvalue weighted by molar-refractivity contribution is 0.0995. The Bertz CT molecular complexity index is 1090. The molecule has 0 radical (unpaired) electrons. The summed E-state index contributed by atoms with van der Waals surface area (Å²) in [5, 5.41) is 7.58. The van der Waals surface area contributed by atoms with Gasteiger partial charge in [0.05, 0.1) is 22.1 Å². The standard InChI is InChI=1S/C20H18ClFN4O2/c1-10-16(22)8-14(19(23)27)9-17(10)24-20(28)13-4-6-15(7-5-13)26-12(3)18(21)11(2)25-26/h4-9H,1-3H3,(H2,23,27)(H,24,28). The normalized spacial score (nSPS) is 10.8. The molecule has 2 aromatic carbocycles. The van der Waals surface area contributed by atoms with Crippen molar-refractivity contribution in [3.8, 4) is 5.69 Å². The second kappa shape index (κ2) is 7.44. The Morgan fingerprint density at radius 1 is 1.11 bits per heavy atom. The number of rotatable bonds is 4. The van der Waals surface area contributed by atoms with Gasteiger partial charge in [-0.25, -0.2) is 9.07 Å². The van der Waals surface area contributed by atoms with Crippen molar-refractivity contribution >= 4 is 29.1 Å². The van der Waals surface area contributed by atoms with Crippen molar-refractivity contribution in [2.45, 2.75) is 20.8 Å². The molecule has 1 heterocycles. The van der Waals surface area contributed by atoms with Crippen LogP contribution in [-0.4, -0.2) is 21.6 Å². The van der Waals surface area contributed by atoms with Gasteiger partial charge in [0.15, 0.2) is 0 Å². The zero-order valence-corrected chi connectivity index (χ0v) is 16.3. The molecule has 144 valence electrons. The van der Waals surface area contributed by atoms with E-state index in [9.17, 15) is 14.0 Å². The summed E-state index contributed by atoms with van der Waals surface area (Å²) in [6.45, 7) is 5.17. The number of halogens is 2. The zero-order chi connectivity index (χ0) is 20.6. The summed E-state index contributed by atoms with van der Waals surface area (Å²) < 4.78 is 15.7. The van der Waals surface area contributed by atoms with Crippen LogP contribution in [0.25, 0.3) is 5.69 Å². The Morgan fingerprint density at radius 3 is 2.29 bits per heavy atom. The van der Waals surface area contributed by atoms with E-state index in [1.54, 1.807) is 28.9 Å². The molecule has 0 saturated carbocycles. The van der Waals surface area contributed by atoms with E-state index in [-0.39, 0.29) is 16.8 Å². The summed E-state index contributed by atoms with van der Waals surface area (Å²) in [5.74, 6) is -1.84. The summed E-state index contributed by atoms with van der Waals surface area (Å²) in [6.07, 6.45) is 0. The van der Waals surface area contributed by atoms with Crippen LogP contribution in [0.5, 0.6) is 0 Å². The molecule has 1 aromatic heterocycles. The summed E-state index contributed by atoms with van der Waals surface area (Å²) in [6, 6.07) is 9.11. The third-order valence-corrected chi connectivity index (χ3v) is 5.00. The molecule has 3 rings (SSSR count). The Kier molecular flexibility index (Phi) is 5.20. The highest BCUT2D eigenvalue weighted by atomic mass is 35.5. The third kappa shape index (κ3) is 3.61. The number of aromatic nitrogens is 2. The van der Waals surface area contributed by atoms with Gasteiger partial charge in [0.2, 0.25) is 5.91 Å². The van der Waals surface area contributed by atoms with Gasteiger partial charge in [-0.2, -0.15) is 5.10 Å². The number of nitrogens with two attached hydrogens (primary N) is 1. The first-order valence-corrected chi connectivity index (χ1v) is 8.80. The number of carbonyl (C=O) groups is 2. The first kappa shape index (κ1) is 19.6. The van der Waals surface area contributed by atoms with Crippen LogP contribution in [0, 0.1) is 26.6 Å². The minimum Gasteiger partial charge on any atom is -0.366 e. The van der Waals surface area contributed by atoms with Crippen LogP contribution in [-0.2, 0) is 0 Å². The molecule has 6 nitrogen and oxygen atoms in total. The topological polar surface area (TPSA) is 90.0 Å². The van der Waals surface area contributed by atoms with Gasteiger partial charge in [-0.05, 0) is 57.2 Å². The quantitative estimate of drug-likeness (QED) is 0.695. The maximum absolute atomic E-state index is 14.0. The van der Waals surface area contributed by atoms with Crippen molar-refractivity contribution in [2.24, 2.45) is 5.73 Å². The van der Waals surface area contributed by atoms with Crippen molar-refractivity contribution in [1.82, 2.24) is 9.78 Å². The van der Waals surface area contributed by atoms with E-state index in [4.69, 9.17) is 17.3 Å². The predicted molar refractivity (Wildman–Crippen MR) is 106 cm³/mol. The molecule has 0 fully saturated rings. The maximum Gasteiger partial charge on any atom is 0.255 e. The van der Waals surface area contributed by atoms with Crippen LogP contribution >= 0.6 is 11.6 Å². The molecule has 0 aliphatic carbocycles. The smallest absolute Gasteiger partial charge is 0.255 e. The minimum absolute atomic E-state index is 0.0184. The van der Waals surface area contributed by atoms with Crippen molar-refractivity contribution < 1.29 is 14.0 Å². The molecular weight excluding hydrogens is 383 g/mol. The first-order valence-electron chi connectivity index (χ1n) is 8.42. The monoisotopic (exact) mass is 400 g/mol. The Balaban J connectivity index is 1.86. The molecule has 0 saturated heterocycles. The van der Waals surface area contributed by atoms with Crippen molar-refractivity contribution in [2.75, 3.05) is 5.32 Å². The molecule has 0 aliphatic heterocycles. The second-order valence-electron chi connectivity index (χ2n) is 6.39. The van der Waals surface area contributed by atoms with Gasteiger partial charge in [0, 0.05) is 22.4 Å². The van der Waals surface area contributed by atoms with E-state index >= 15 is 0 Å². The summed E-state index contributed by atoms with van der Waals surface area (Å²) >= 11 is 6.17. The molecule has 2 amide bonds. The lowest BCUT2D eigenvalue weighted by atomic mass is 10.1. The van der Waals surface area contributed by atoms with Crippen LogP contribution in [0.1, 0.15) is 37.7 Å². The highest BCUT2D eigenvalue weighted by molar-refractivity contribution is 6.31. The third-order valence-electron chi connectivity index (χ3n) is 4.45. The van der Waals surface area contributed by atoms with Crippen LogP contribution < -0.4 is 11.1 Å². The highest BCUT2D eigenvalue weighted by Crippen LogP contribution is 2.24. The number of carbonyl (C=O) groups excluding carboxylic acids is 2. The van der Waals surface area contributed by atoms with E-state index in [0.717, 1.165) is 17.4 Å². The fourth-order valence-electron chi connectivity index (χ4n) is 2.77. The molecule has 0 spiro atoms. The predicted octanol–water partition coefficient (Wildman–Crippen LogP) is 3.94. The van der Waals surface area contributed by atoms with Crippen molar-refractivity contribution in [3.63, 3.8) is 0 Å². The molecular formula is C20H18ClFN4O2. The number of primary amides is 1. The number of amides is 2. The lowest BCUT2D eigenvalue weighted by Crippen LogP contribution is -2.16. The number of benzene rings is 2. The first-order chi connectivity index (χ1) is 13.2. The van der Waals surface area contributed by atoms with Gasteiger partial charge in [0.25, 0.3) is 5.91 Å². The molecule has 0 unspecified atom stereocenters. The molecule has 0 aliphatic rings. The Hall–Kier alpha value is -3.19. The number of aryl methyl sites for hydroxylation is 1.